The number of aromatic nitrogens is 3. The van der Waals surface area contributed by atoms with E-state index in [0.717, 1.165) is 91.1 Å². The van der Waals surface area contributed by atoms with Crippen molar-refractivity contribution in [1.29, 1.82) is 0 Å². The van der Waals surface area contributed by atoms with E-state index in [-0.39, 0.29) is 10.8 Å². The summed E-state index contributed by atoms with van der Waals surface area (Å²) in [6.45, 7) is 13.5. The highest BCUT2D eigenvalue weighted by Gasteiger charge is 2.22. The molecule has 0 spiro atoms. The monoisotopic (exact) mass is 1030 g/mol. The average molecular weight is 1030 g/mol. The van der Waals surface area contributed by atoms with Crippen LogP contribution in [0.2, 0.25) is 0 Å². The number of hydrogen-bond donors (Lipinski definition) is 0. The molecule has 0 radical (unpaired) electrons. The molecule has 1 aliphatic carbocycles. The number of pyridine rings is 3. The Bertz CT molecular complexity index is 4080. The minimum atomic E-state index is 0.0265. The third kappa shape index (κ3) is 10.8. The van der Waals surface area contributed by atoms with Gasteiger partial charge in [-0.1, -0.05) is 224 Å². The zero-order chi connectivity index (χ0) is 54.8. The predicted octanol–water partition coefficient (Wildman–Crippen LogP) is 20.7. The summed E-state index contributed by atoms with van der Waals surface area (Å²) < 4.78 is 0. The SMILES string of the molecule is CC(C)(C)c1ccnc(-c2ccc(C3=C(c4cc(-c5ccccc5-c5ccc(-c6cc(C(C)(C)C)ccn6)cc5)cc(-c5ccccc5-c5ccc(-c6ccccn6)cc5-c5ccc(-c6ccccc6)cc5)c4)CCC=C3)cc2)c1. The summed E-state index contributed by atoms with van der Waals surface area (Å²) in [5.74, 6) is 0. The van der Waals surface area contributed by atoms with Gasteiger partial charge in [0.15, 0.2) is 0 Å². The Morgan fingerprint density at radius 2 is 0.725 bits per heavy atom. The van der Waals surface area contributed by atoms with E-state index < -0.39 is 0 Å². The smallest absolute Gasteiger partial charge is 0.0704 e. The van der Waals surface area contributed by atoms with Crippen molar-refractivity contribution < 1.29 is 0 Å². The van der Waals surface area contributed by atoms with Crippen molar-refractivity contribution in [2.24, 2.45) is 0 Å². The second-order valence-electron chi connectivity index (χ2n) is 23.2. The Kier molecular flexibility index (Phi) is 14.0. The molecule has 8 aromatic carbocycles. The van der Waals surface area contributed by atoms with E-state index in [1.165, 1.54) is 55.7 Å². The van der Waals surface area contributed by atoms with Crippen molar-refractivity contribution in [1.82, 2.24) is 15.0 Å². The van der Waals surface area contributed by atoms with Crippen molar-refractivity contribution in [2.45, 2.75) is 65.2 Å². The molecule has 0 fully saturated rings. The lowest BCUT2D eigenvalue weighted by molar-refractivity contribution is 0.589. The first kappa shape index (κ1) is 51.4. The zero-order valence-electron chi connectivity index (χ0n) is 46.6. The van der Waals surface area contributed by atoms with Gasteiger partial charge in [0.1, 0.15) is 0 Å². The molecule has 0 unspecified atom stereocenters. The Hall–Kier alpha value is -9.31. The standard InChI is InChI=1S/C77H65N3/c1-76(2,3)63-41-44-79-74(50-63)57-35-31-54(32-36-57)65-20-10-12-22-67(65)60-46-61(68-23-13-11-21-66(68)55-33-37-58(38-34-55)75-51-64(42-45-80-75)77(4,5)6)48-62(47-60)69-24-14-15-25-70(69)71-40-39-59(73-26-16-17-43-78-73)49-72(71)56-29-27-53(28-30-56)52-18-8-7-9-19-52/h7-12,14-22,24-51H,13,23H2,1-6H3. The van der Waals surface area contributed by atoms with Gasteiger partial charge in [0.2, 0.25) is 0 Å². The van der Waals surface area contributed by atoms with Gasteiger partial charge in [0.05, 0.1) is 17.1 Å². The van der Waals surface area contributed by atoms with Gasteiger partial charge in [0.25, 0.3) is 0 Å². The van der Waals surface area contributed by atoms with Crippen LogP contribution in [0.3, 0.4) is 0 Å². The molecule has 388 valence electrons. The number of allylic oxidation sites excluding steroid dienone is 4. The summed E-state index contributed by atoms with van der Waals surface area (Å²) in [5, 5.41) is 0. The summed E-state index contributed by atoms with van der Waals surface area (Å²) >= 11 is 0. The highest BCUT2D eigenvalue weighted by atomic mass is 14.7. The van der Waals surface area contributed by atoms with E-state index in [9.17, 15) is 0 Å². The van der Waals surface area contributed by atoms with Crippen LogP contribution in [0.1, 0.15) is 76.6 Å². The zero-order valence-corrected chi connectivity index (χ0v) is 46.6. The van der Waals surface area contributed by atoms with Crippen LogP contribution in [0.5, 0.6) is 0 Å². The molecule has 0 amide bonds. The fourth-order valence-electron chi connectivity index (χ4n) is 11.2. The molecule has 80 heavy (non-hydrogen) atoms. The van der Waals surface area contributed by atoms with Gasteiger partial charge in [-0.2, -0.15) is 0 Å². The van der Waals surface area contributed by atoms with Crippen LogP contribution in [-0.4, -0.2) is 15.0 Å². The van der Waals surface area contributed by atoms with Crippen molar-refractivity contribution in [3.8, 4) is 101 Å². The summed E-state index contributed by atoms with van der Waals surface area (Å²) in [5.41, 5.74) is 27.8. The van der Waals surface area contributed by atoms with Crippen molar-refractivity contribution in [3.05, 3.63) is 284 Å². The predicted molar refractivity (Wildman–Crippen MR) is 338 cm³/mol. The molecule has 0 N–H and O–H groups in total. The van der Waals surface area contributed by atoms with Crippen LogP contribution in [0.25, 0.3) is 112 Å². The summed E-state index contributed by atoms with van der Waals surface area (Å²) in [6, 6.07) is 84.5. The first-order valence-electron chi connectivity index (χ1n) is 28.0. The van der Waals surface area contributed by atoms with Gasteiger partial charge in [-0.15, -0.1) is 0 Å². The van der Waals surface area contributed by atoms with Gasteiger partial charge in [-0.3, -0.25) is 15.0 Å². The van der Waals surface area contributed by atoms with Crippen molar-refractivity contribution in [3.63, 3.8) is 0 Å². The summed E-state index contributed by atoms with van der Waals surface area (Å²) in [6.07, 6.45) is 12.3. The molecule has 0 saturated heterocycles. The highest BCUT2D eigenvalue weighted by molar-refractivity contribution is 6.01. The second-order valence-corrected chi connectivity index (χ2v) is 23.2. The van der Waals surface area contributed by atoms with E-state index in [0.29, 0.717) is 0 Å². The molecule has 0 bridgehead atoms. The third-order valence-electron chi connectivity index (χ3n) is 15.7. The maximum atomic E-state index is 4.82. The van der Waals surface area contributed by atoms with Crippen LogP contribution < -0.4 is 0 Å². The molecular weight excluding hydrogens is 967 g/mol. The molecule has 12 rings (SSSR count). The first-order valence-corrected chi connectivity index (χ1v) is 28.0. The normalized spacial score (nSPS) is 12.7. The number of rotatable bonds is 11. The molecule has 3 aromatic heterocycles. The van der Waals surface area contributed by atoms with Crippen LogP contribution in [0.15, 0.2) is 261 Å². The van der Waals surface area contributed by atoms with Gasteiger partial charge in [0, 0.05) is 35.3 Å². The largest absolute Gasteiger partial charge is 0.256 e. The minimum absolute atomic E-state index is 0.0265. The number of benzene rings is 8. The number of hydrogen-bond acceptors (Lipinski definition) is 3. The summed E-state index contributed by atoms with van der Waals surface area (Å²) in [4.78, 5) is 14.4. The van der Waals surface area contributed by atoms with Gasteiger partial charge < -0.3 is 0 Å². The third-order valence-corrected chi connectivity index (χ3v) is 15.7. The van der Waals surface area contributed by atoms with Crippen LogP contribution in [-0.2, 0) is 10.8 Å². The van der Waals surface area contributed by atoms with Crippen LogP contribution >= 0.6 is 0 Å². The summed E-state index contributed by atoms with van der Waals surface area (Å²) in [7, 11) is 0. The van der Waals surface area contributed by atoms with Gasteiger partial charge in [-0.05, 0) is 184 Å². The Balaban J connectivity index is 1.02. The molecule has 3 nitrogen and oxygen atoms in total. The molecular formula is C77H65N3. The van der Waals surface area contributed by atoms with Gasteiger partial charge >= 0.3 is 0 Å². The average Bonchev–Trinajstić information content (AvgIpc) is 3.52. The topological polar surface area (TPSA) is 38.7 Å². The fourth-order valence-corrected chi connectivity index (χ4v) is 11.2. The molecule has 0 saturated carbocycles. The molecule has 11 aromatic rings. The highest BCUT2D eigenvalue weighted by Crippen LogP contribution is 2.45. The maximum absolute atomic E-state index is 4.82. The molecule has 3 heteroatoms. The van der Waals surface area contributed by atoms with E-state index in [2.05, 4.69) is 278 Å². The Labute approximate surface area is 472 Å². The molecule has 1 aliphatic rings. The minimum Gasteiger partial charge on any atom is -0.256 e. The van der Waals surface area contributed by atoms with E-state index >= 15 is 0 Å². The van der Waals surface area contributed by atoms with Crippen LogP contribution in [0.4, 0.5) is 0 Å². The number of nitrogens with zero attached hydrogens (tertiary/aromatic N) is 3. The van der Waals surface area contributed by atoms with E-state index in [4.69, 9.17) is 15.0 Å². The lowest BCUT2D eigenvalue weighted by Crippen LogP contribution is -2.11. The Morgan fingerprint density at radius 3 is 1.30 bits per heavy atom. The molecule has 3 heterocycles. The fraction of sp³-hybridized carbons (Fsp3) is 0.130. The van der Waals surface area contributed by atoms with Crippen molar-refractivity contribution in [2.75, 3.05) is 0 Å². The molecule has 0 atom stereocenters. The van der Waals surface area contributed by atoms with Crippen molar-refractivity contribution >= 4 is 11.1 Å². The lowest BCUT2D eigenvalue weighted by atomic mass is 9.82. The lowest BCUT2D eigenvalue weighted by Gasteiger charge is -2.22. The second kappa shape index (κ2) is 21.8. The molecule has 0 aliphatic heterocycles. The van der Waals surface area contributed by atoms with E-state index in [1.807, 2.05) is 24.7 Å². The Morgan fingerprint density at radius 1 is 0.287 bits per heavy atom. The van der Waals surface area contributed by atoms with E-state index in [1.54, 1.807) is 0 Å². The quantitative estimate of drug-likeness (QED) is 0.130. The maximum Gasteiger partial charge on any atom is 0.0704 e. The first-order chi connectivity index (χ1) is 38.9. The van der Waals surface area contributed by atoms with Gasteiger partial charge in [-0.25, -0.2) is 0 Å². The van der Waals surface area contributed by atoms with Crippen LogP contribution in [0, 0.1) is 0 Å².